The van der Waals surface area contributed by atoms with Crippen LogP contribution in [0.5, 0.6) is 0 Å². The van der Waals surface area contributed by atoms with Crippen molar-refractivity contribution in [3.8, 4) is 11.8 Å². The minimum absolute atomic E-state index is 0.0936. The number of hydrogen-bond donors (Lipinski definition) is 0. The molecule has 0 bridgehead atoms. The van der Waals surface area contributed by atoms with Gasteiger partial charge in [0.15, 0.2) is 5.69 Å². The normalized spacial score (nSPS) is 9.47. The van der Waals surface area contributed by atoms with Gasteiger partial charge in [0.1, 0.15) is 6.20 Å². The SMILES string of the molecule is Cn1ncc([N+](=O)[O-])c1C#Cc1cccnc1. The molecule has 0 amide bonds. The fourth-order valence-corrected chi connectivity index (χ4v) is 1.27. The molecule has 0 saturated heterocycles. The zero-order valence-electron chi connectivity index (χ0n) is 8.99. The van der Waals surface area contributed by atoms with Crippen molar-refractivity contribution >= 4 is 5.69 Å². The third-order valence-corrected chi connectivity index (χ3v) is 2.10. The van der Waals surface area contributed by atoms with Crippen LogP contribution in [0.15, 0.2) is 30.7 Å². The summed E-state index contributed by atoms with van der Waals surface area (Å²) in [5, 5.41) is 14.5. The van der Waals surface area contributed by atoms with Gasteiger partial charge in [0, 0.05) is 25.0 Å². The Bertz CT molecular complexity index is 607. The lowest BCUT2D eigenvalue weighted by atomic mass is 10.2. The van der Waals surface area contributed by atoms with Crippen molar-refractivity contribution in [1.29, 1.82) is 0 Å². The van der Waals surface area contributed by atoms with Crippen LogP contribution in [0.25, 0.3) is 0 Å². The summed E-state index contributed by atoms with van der Waals surface area (Å²) in [6.45, 7) is 0. The van der Waals surface area contributed by atoms with Gasteiger partial charge in [0.25, 0.3) is 0 Å². The largest absolute Gasteiger partial charge is 0.322 e. The monoisotopic (exact) mass is 228 g/mol. The van der Waals surface area contributed by atoms with Gasteiger partial charge < -0.3 is 0 Å². The first-order chi connectivity index (χ1) is 8.18. The highest BCUT2D eigenvalue weighted by atomic mass is 16.6. The maximum atomic E-state index is 10.7. The van der Waals surface area contributed by atoms with E-state index in [2.05, 4.69) is 21.9 Å². The molecule has 6 nitrogen and oxygen atoms in total. The average molecular weight is 228 g/mol. The van der Waals surface area contributed by atoms with E-state index >= 15 is 0 Å². The van der Waals surface area contributed by atoms with Crippen LogP contribution in [-0.4, -0.2) is 19.7 Å². The Labute approximate surface area is 97.1 Å². The van der Waals surface area contributed by atoms with E-state index in [4.69, 9.17) is 0 Å². The molecule has 0 atom stereocenters. The molecular weight excluding hydrogens is 220 g/mol. The minimum atomic E-state index is -0.500. The first-order valence-corrected chi connectivity index (χ1v) is 4.77. The zero-order chi connectivity index (χ0) is 12.3. The summed E-state index contributed by atoms with van der Waals surface area (Å²) in [6, 6.07) is 3.53. The maximum absolute atomic E-state index is 10.7. The van der Waals surface area contributed by atoms with Crippen molar-refractivity contribution in [2.45, 2.75) is 0 Å². The standard InChI is InChI=1S/C11H8N4O2/c1-14-10(11(8-13-14)15(16)17)5-4-9-3-2-6-12-7-9/h2-3,6-8H,1H3. The Morgan fingerprint density at radius 1 is 1.41 bits per heavy atom. The molecule has 0 radical (unpaired) electrons. The zero-order valence-corrected chi connectivity index (χ0v) is 8.99. The third kappa shape index (κ3) is 2.29. The molecule has 2 aromatic rings. The predicted molar refractivity (Wildman–Crippen MR) is 60.1 cm³/mol. The summed E-state index contributed by atoms with van der Waals surface area (Å²) >= 11 is 0. The van der Waals surface area contributed by atoms with Gasteiger partial charge >= 0.3 is 5.69 Å². The van der Waals surface area contributed by atoms with Crippen molar-refractivity contribution < 1.29 is 4.92 Å². The lowest BCUT2D eigenvalue weighted by Gasteiger charge is -1.91. The molecule has 0 aromatic carbocycles. The summed E-state index contributed by atoms with van der Waals surface area (Å²) < 4.78 is 1.38. The van der Waals surface area contributed by atoms with Crippen molar-refractivity contribution in [2.24, 2.45) is 7.05 Å². The first kappa shape index (κ1) is 10.8. The second-order valence-corrected chi connectivity index (χ2v) is 3.25. The van der Waals surface area contributed by atoms with Crippen molar-refractivity contribution in [3.63, 3.8) is 0 Å². The quantitative estimate of drug-likeness (QED) is 0.416. The van der Waals surface area contributed by atoms with E-state index in [1.54, 1.807) is 31.6 Å². The Balaban J connectivity index is 2.40. The first-order valence-electron chi connectivity index (χ1n) is 4.77. The minimum Gasteiger partial charge on any atom is -0.263 e. The number of nitrogens with zero attached hydrogens (tertiary/aromatic N) is 4. The van der Waals surface area contributed by atoms with Crippen LogP contribution in [0.2, 0.25) is 0 Å². The van der Waals surface area contributed by atoms with Gasteiger partial charge in [0.05, 0.1) is 4.92 Å². The van der Waals surface area contributed by atoms with E-state index < -0.39 is 4.92 Å². The van der Waals surface area contributed by atoms with Gasteiger partial charge in [-0.1, -0.05) is 5.92 Å². The Hall–Kier alpha value is -2.68. The van der Waals surface area contributed by atoms with E-state index in [9.17, 15) is 10.1 Å². The summed E-state index contributed by atoms with van der Waals surface area (Å²) in [7, 11) is 1.61. The molecule has 0 saturated carbocycles. The van der Waals surface area contributed by atoms with Crippen LogP contribution in [0.1, 0.15) is 11.3 Å². The van der Waals surface area contributed by atoms with Gasteiger partial charge in [-0.3, -0.25) is 19.8 Å². The second kappa shape index (κ2) is 4.45. The molecule has 6 heteroatoms. The molecule has 0 fully saturated rings. The van der Waals surface area contributed by atoms with Crippen molar-refractivity contribution in [3.05, 3.63) is 52.1 Å². The smallest absolute Gasteiger partial charge is 0.263 e. The predicted octanol–water partition coefficient (Wildman–Crippen LogP) is 1.12. The Kier molecular flexibility index (Phi) is 2.83. The van der Waals surface area contributed by atoms with E-state index in [1.165, 1.54) is 10.9 Å². The van der Waals surface area contributed by atoms with Crippen molar-refractivity contribution in [1.82, 2.24) is 14.8 Å². The number of pyridine rings is 1. The molecule has 0 aliphatic heterocycles. The molecule has 2 heterocycles. The van der Waals surface area contributed by atoms with Gasteiger partial charge in [-0.15, -0.1) is 0 Å². The number of nitro groups is 1. The van der Waals surface area contributed by atoms with Crippen LogP contribution in [0, 0.1) is 22.0 Å². The van der Waals surface area contributed by atoms with E-state index in [0.717, 1.165) is 0 Å². The molecule has 2 aromatic heterocycles. The van der Waals surface area contributed by atoms with Gasteiger partial charge in [-0.2, -0.15) is 5.10 Å². The van der Waals surface area contributed by atoms with Crippen LogP contribution in [0.3, 0.4) is 0 Å². The van der Waals surface area contributed by atoms with E-state index in [-0.39, 0.29) is 11.4 Å². The van der Waals surface area contributed by atoms with Gasteiger partial charge in [-0.05, 0) is 18.1 Å². The van der Waals surface area contributed by atoms with Gasteiger partial charge in [-0.25, -0.2) is 0 Å². The third-order valence-electron chi connectivity index (χ3n) is 2.10. The highest BCUT2D eigenvalue weighted by Gasteiger charge is 2.16. The Morgan fingerprint density at radius 3 is 2.88 bits per heavy atom. The number of aryl methyl sites for hydroxylation is 1. The highest BCUT2D eigenvalue weighted by molar-refractivity contribution is 5.48. The lowest BCUT2D eigenvalue weighted by Crippen LogP contribution is -1.96. The molecule has 0 aliphatic carbocycles. The second-order valence-electron chi connectivity index (χ2n) is 3.25. The summed E-state index contributed by atoms with van der Waals surface area (Å²) in [5.41, 5.74) is 0.880. The molecule has 0 N–H and O–H groups in total. The van der Waals surface area contributed by atoms with Crippen LogP contribution >= 0.6 is 0 Å². The van der Waals surface area contributed by atoms with Gasteiger partial charge in [0.2, 0.25) is 0 Å². The molecule has 2 rings (SSSR count). The number of aromatic nitrogens is 3. The topological polar surface area (TPSA) is 73.8 Å². The van der Waals surface area contributed by atoms with Crippen LogP contribution < -0.4 is 0 Å². The molecule has 17 heavy (non-hydrogen) atoms. The van der Waals surface area contributed by atoms with E-state index in [1.807, 2.05) is 0 Å². The highest BCUT2D eigenvalue weighted by Crippen LogP contribution is 2.15. The van der Waals surface area contributed by atoms with Crippen LogP contribution in [-0.2, 0) is 7.05 Å². The molecular formula is C11H8N4O2. The van der Waals surface area contributed by atoms with E-state index in [0.29, 0.717) is 5.56 Å². The fraction of sp³-hybridized carbons (Fsp3) is 0.0909. The average Bonchev–Trinajstić information content (AvgIpc) is 2.69. The molecule has 84 valence electrons. The number of rotatable bonds is 1. The number of hydrogen-bond acceptors (Lipinski definition) is 4. The molecule has 0 spiro atoms. The molecule has 0 unspecified atom stereocenters. The fourth-order valence-electron chi connectivity index (χ4n) is 1.27. The maximum Gasteiger partial charge on any atom is 0.322 e. The summed E-state index contributed by atoms with van der Waals surface area (Å²) in [5.74, 6) is 5.53. The summed E-state index contributed by atoms with van der Waals surface area (Å²) in [6.07, 6.45) is 4.42. The lowest BCUT2D eigenvalue weighted by molar-refractivity contribution is -0.385. The van der Waals surface area contributed by atoms with Crippen LogP contribution in [0.4, 0.5) is 5.69 Å². The Morgan fingerprint density at radius 2 is 2.24 bits per heavy atom. The summed E-state index contributed by atoms with van der Waals surface area (Å²) in [4.78, 5) is 14.1. The van der Waals surface area contributed by atoms with Crippen molar-refractivity contribution in [2.75, 3.05) is 0 Å². The molecule has 0 aliphatic rings.